The zero-order valence-electron chi connectivity index (χ0n) is 13.8. The Labute approximate surface area is 142 Å². The van der Waals surface area contributed by atoms with Crippen LogP contribution in [0.15, 0.2) is 53.5 Å². The van der Waals surface area contributed by atoms with Crippen molar-refractivity contribution in [1.29, 1.82) is 0 Å². The third-order valence-electron chi connectivity index (χ3n) is 4.60. The lowest BCUT2D eigenvalue weighted by atomic mass is 10.0. The molecule has 0 unspecified atom stereocenters. The molecule has 2 aromatic rings. The van der Waals surface area contributed by atoms with E-state index in [9.17, 15) is 0 Å². The predicted octanol–water partition coefficient (Wildman–Crippen LogP) is 3.00. The maximum Gasteiger partial charge on any atom is 0.145 e. The Morgan fingerprint density at radius 1 is 1.00 bits per heavy atom. The highest BCUT2D eigenvalue weighted by Crippen LogP contribution is 2.29. The Morgan fingerprint density at radius 2 is 1.67 bits per heavy atom. The number of nitrogens with two attached hydrogens (primary N) is 1. The summed E-state index contributed by atoms with van der Waals surface area (Å²) in [5.41, 5.74) is 3.66. The Kier molecular flexibility index (Phi) is 4.22. The zero-order chi connectivity index (χ0) is 16.4. The van der Waals surface area contributed by atoms with E-state index >= 15 is 0 Å². The van der Waals surface area contributed by atoms with E-state index in [1.165, 1.54) is 24.0 Å². The Morgan fingerprint density at radius 3 is 2.25 bits per heavy atom. The molecule has 24 heavy (non-hydrogen) atoms. The average Bonchev–Trinajstić information content (AvgIpc) is 3.35. The van der Waals surface area contributed by atoms with E-state index in [1.54, 1.807) is 5.01 Å². The third kappa shape index (κ3) is 3.60. The van der Waals surface area contributed by atoms with Gasteiger partial charge in [0.25, 0.3) is 0 Å². The lowest BCUT2D eigenvalue weighted by Gasteiger charge is -2.13. The molecule has 4 heteroatoms. The number of amidine groups is 1. The van der Waals surface area contributed by atoms with Crippen LogP contribution in [-0.2, 0) is 6.42 Å². The number of hydrazine groups is 1. The standard InChI is InChI=1S/C20H23N3O/c21-23-12-11-22-20(23)18-7-3-15(4-8-18)13-16-5-9-19(10-6-16)24-14-17-1-2-17/h3-10,17H,1-2,11-14,21H2. The van der Waals surface area contributed by atoms with Gasteiger partial charge in [-0.3, -0.25) is 10.0 Å². The highest BCUT2D eigenvalue weighted by atomic mass is 16.5. The zero-order valence-corrected chi connectivity index (χ0v) is 13.8. The van der Waals surface area contributed by atoms with Crippen LogP contribution in [0.5, 0.6) is 5.75 Å². The van der Waals surface area contributed by atoms with Crippen molar-refractivity contribution in [3.8, 4) is 5.75 Å². The minimum atomic E-state index is 0.781. The van der Waals surface area contributed by atoms with Gasteiger partial charge in [0.1, 0.15) is 11.6 Å². The highest BCUT2D eigenvalue weighted by molar-refractivity contribution is 5.99. The van der Waals surface area contributed by atoms with Crippen molar-refractivity contribution in [1.82, 2.24) is 5.01 Å². The maximum absolute atomic E-state index is 5.92. The van der Waals surface area contributed by atoms with Crippen molar-refractivity contribution < 1.29 is 4.74 Å². The van der Waals surface area contributed by atoms with E-state index in [1.807, 2.05) is 0 Å². The quantitative estimate of drug-likeness (QED) is 0.832. The summed E-state index contributed by atoms with van der Waals surface area (Å²) in [5.74, 6) is 8.58. The molecule has 2 N–H and O–H groups in total. The number of hydrogen-bond donors (Lipinski definition) is 1. The molecule has 1 aliphatic heterocycles. The molecule has 1 fully saturated rings. The molecule has 2 aliphatic rings. The van der Waals surface area contributed by atoms with E-state index in [4.69, 9.17) is 10.6 Å². The molecule has 0 saturated heterocycles. The molecular weight excluding hydrogens is 298 g/mol. The Balaban J connectivity index is 1.37. The van der Waals surface area contributed by atoms with Crippen LogP contribution in [0.25, 0.3) is 0 Å². The second-order valence-corrected chi connectivity index (χ2v) is 6.67. The van der Waals surface area contributed by atoms with Crippen molar-refractivity contribution in [2.75, 3.05) is 19.7 Å². The van der Waals surface area contributed by atoms with Gasteiger partial charge >= 0.3 is 0 Å². The number of rotatable bonds is 6. The van der Waals surface area contributed by atoms with Crippen LogP contribution in [0.1, 0.15) is 29.5 Å². The van der Waals surface area contributed by atoms with Crippen molar-refractivity contribution in [2.24, 2.45) is 16.8 Å². The average molecular weight is 321 g/mol. The van der Waals surface area contributed by atoms with Gasteiger partial charge in [-0.1, -0.05) is 36.4 Å². The van der Waals surface area contributed by atoms with Crippen LogP contribution < -0.4 is 10.6 Å². The molecule has 4 rings (SSSR count). The lowest BCUT2D eigenvalue weighted by Crippen LogP contribution is -2.34. The number of hydrogen-bond acceptors (Lipinski definition) is 4. The molecular formula is C20H23N3O. The van der Waals surface area contributed by atoms with Gasteiger partial charge in [-0.15, -0.1) is 0 Å². The van der Waals surface area contributed by atoms with Crippen LogP contribution in [0.2, 0.25) is 0 Å². The van der Waals surface area contributed by atoms with Gasteiger partial charge < -0.3 is 4.74 Å². The van der Waals surface area contributed by atoms with Gasteiger partial charge in [-0.2, -0.15) is 0 Å². The SMILES string of the molecule is NN1CCN=C1c1ccc(Cc2ccc(OCC3CC3)cc2)cc1. The van der Waals surface area contributed by atoms with Crippen LogP contribution >= 0.6 is 0 Å². The van der Waals surface area contributed by atoms with Crippen LogP contribution in [0, 0.1) is 5.92 Å². The first-order chi connectivity index (χ1) is 11.8. The van der Waals surface area contributed by atoms with E-state index in [-0.39, 0.29) is 0 Å². The Hall–Kier alpha value is -2.33. The predicted molar refractivity (Wildman–Crippen MR) is 96.2 cm³/mol. The molecule has 0 atom stereocenters. The minimum absolute atomic E-state index is 0.781. The molecule has 1 saturated carbocycles. The van der Waals surface area contributed by atoms with Crippen LogP contribution in [0.4, 0.5) is 0 Å². The molecule has 4 nitrogen and oxygen atoms in total. The van der Waals surface area contributed by atoms with E-state index in [0.717, 1.165) is 49.2 Å². The second kappa shape index (κ2) is 6.65. The summed E-state index contributed by atoms with van der Waals surface area (Å²) in [6.07, 6.45) is 3.56. The first kappa shape index (κ1) is 15.2. The van der Waals surface area contributed by atoms with Gasteiger partial charge in [0.15, 0.2) is 0 Å². The van der Waals surface area contributed by atoms with Gasteiger partial charge in [0.05, 0.1) is 19.7 Å². The largest absolute Gasteiger partial charge is 0.493 e. The number of nitrogens with zero attached hydrogens (tertiary/aromatic N) is 2. The molecule has 0 spiro atoms. The fourth-order valence-corrected chi connectivity index (χ4v) is 2.93. The summed E-state index contributed by atoms with van der Waals surface area (Å²) in [6, 6.07) is 17.0. The summed E-state index contributed by atoms with van der Waals surface area (Å²) in [5, 5.41) is 1.72. The third-order valence-corrected chi connectivity index (χ3v) is 4.60. The summed E-state index contributed by atoms with van der Waals surface area (Å²) in [7, 11) is 0. The number of ether oxygens (including phenoxy) is 1. The van der Waals surface area contributed by atoms with E-state index in [2.05, 4.69) is 53.5 Å². The fraction of sp³-hybridized carbons (Fsp3) is 0.350. The number of aliphatic imine (C=N–C) groups is 1. The van der Waals surface area contributed by atoms with E-state index in [0.29, 0.717) is 0 Å². The van der Waals surface area contributed by atoms with Crippen molar-refractivity contribution in [2.45, 2.75) is 19.3 Å². The lowest BCUT2D eigenvalue weighted by molar-refractivity contribution is 0.299. The Bertz CT molecular complexity index is 718. The van der Waals surface area contributed by atoms with Gasteiger partial charge in [-0.25, -0.2) is 5.84 Å². The van der Waals surface area contributed by atoms with Crippen LogP contribution in [0.3, 0.4) is 0 Å². The van der Waals surface area contributed by atoms with Crippen molar-refractivity contribution in [3.05, 3.63) is 65.2 Å². The molecule has 1 heterocycles. The minimum Gasteiger partial charge on any atom is -0.493 e. The number of benzene rings is 2. The molecule has 124 valence electrons. The molecule has 0 amide bonds. The highest BCUT2D eigenvalue weighted by Gasteiger charge is 2.21. The molecule has 1 aliphatic carbocycles. The monoisotopic (exact) mass is 321 g/mol. The van der Waals surface area contributed by atoms with E-state index < -0.39 is 0 Å². The van der Waals surface area contributed by atoms with Gasteiger partial charge in [0, 0.05) is 5.56 Å². The summed E-state index contributed by atoms with van der Waals surface area (Å²) < 4.78 is 5.79. The van der Waals surface area contributed by atoms with Gasteiger partial charge in [-0.05, 0) is 48.4 Å². The molecule has 0 aromatic heterocycles. The first-order valence-corrected chi connectivity index (χ1v) is 8.66. The smallest absolute Gasteiger partial charge is 0.145 e. The van der Waals surface area contributed by atoms with Gasteiger partial charge in [0.2, 0.25) is 0 Å². The summed E-state index contributed by atoms with van der Waals surface area (Å²) >= 11 is 0. The molecule has 0 bridgehead atoms. The maximum atomic E-state index is 5.92. The van der Waals surface area contributed by atoms with Crippen LogP contribution in [-0.4, -0.2) is 30.5 Å². The van der Waals surface area contributed by atoms with Crippen molar-refractivity contribution >= 4 is 5.84 Å². The molecule has 0 radical (unpaired) electrons. The second-order valence-electron chi connectivity index (χ2n) is 6.67. The fourth-order valence-electron chi connectivity index (χ4n) is 2.93. The van der Waals surface area contributed by atoms with Crippen molar-refractivity contribution in [3.63, 3.8) is 0 Å². The first-order valence-electron chi connectivity index (χ1n) is 8.66. The topological polar surface area (TPSA) is 50.8 Å². The normalized spacial score (nSPS) is 17.0. The molecule has 2 aromatic carbocycles. The summed E-state index contributed by atoms with van der Waals surface area (Å²) in [4.78, 5) is 4.45. The summed E-state index contributed by atoms with van der Waals surface area (Å²) in [6.45, 7) is 2.44.